The second-order valence-corrected chi connectivity index (χ2v) is 6.21. The average molecular weight is 306 g/mol. The van der Waals surface area contributed by atoms with E-state index < -0.39 is 0 Å². The van der Waals surface area contributed by atoms with Crippen molar-refractivity contribution >= 4 is 18.3 Å². The van der Waals surface area contributed by atoms with Crippen LogP contribution in [-0.2, 0) is 4.79 Å². The van der Waals surface area contributed by atoms with E-state index in [9.17, 15) is 4.79 Å². The molecule has 1 rings (SSSR count). The number of hydrogen-bond donors (Lipinski definition) is 2. The van der Waals surface area contributed by atoms with Gasteiger partial charge in [0.2, 0.25) is 5.91 Å². The van der Waals surface area contributed by atoms with Gasteiger partial charge in [-0.2, -0.15) is 0 Å². The highest BCUT2D eigenvalue weighted by atomic mass is 35.5. The normalized spacial score (nSPS) is 18.6. The Labute approximate surface area is 130 Å². The summed E-state index contributed by atoms with van der Waals surface area (Å²) in [4.78, 5) is 14.2. The van der Waals surface area contributed by atoms with Gasteiger partial charge in [-0.15, -0.1) is 12.4 Å². The lowest BCUT2D eigenvalue weighted by atomic mass is 9.93. The predicted molar refractivity (Wildman–Crippen MR) is 87.4 cm³/mol. The van der Waals surface area contributed by atoms with E-state index in [0.29, 0.717) is 12.5 Å². The molecule has 1 amide bonds. The van der Waals surface area contributed by atoms with Crippen molar-refractivity contribution in [2.45, 2.75) is 46.1 Å². The van der Waals surface area contributed by atoms with E-state index in [1.165, 1.54) is 19.3 Å². The smallest absolute Gasteiger partial charge is 0.234 e. The number of halogens is 1. The molecule has 4 nitrogen and oxygen atoms in total. The molecule has 0 saturated carbocycles. The number of amides is 1. The topological polar surface area (TPSA) is 44.4 Å². The van der Waals surface area contributed by atoms with E-state index in [-0.39, 0.29) is 24.4 Å². The van der Waals surface area contributed by atoms with Crippen LogP contribution in [0.15, 0.2) is 0 Å². The molecule has 1 heterocycles. The molecule has 0 spiro atoms. The number of piperidine rings is 1. The third-order valence-electron chi connectivity index (χ3n) is 4.27. The maximum atomic E-state index is 11.9. The van der Waals surface area contributed by atoms with E-state index in [1.807, 2.05) is 7.05 Å². The molecule has 0 radical (unpaired) electrons. The van der Waals surface area contributed by atoms with Crippen LogP contribution in [0.2, 0.25) is 0 Å². The molecule has 1 atom stereocenters. The Morgan fingerprint density at radius 1 is 1.25 bits per heavy atom. The zero-order valence-electron chi connectivity index (χ0n) is 13.4. The first-order valence-corrected chi connectivity index (χ1v) is 7.69. The van der Waals surface area contributed by atoms with E-state index in [1.54, 1.807) is 0 Å². The Balaban J connectivity index is 0.00000361. The Morgan fingerprint density at radius 2 is 1.85 bits per heavy atom. The van der Waals surface area contributed by atoms with Gasteiger partial charge in [0.1, 0.15) is 0 Å². The van der Waals surface area contributed by atoms with Crippen molar-refractivity contribution in [3.8, 4) is 0 Å². The highest BCUT2D eigenvalue weighted by molar-refractivity contribution is 5.85. The summed E-state index contributed by atoms with van der Waals surface area (Å²) in [6, 6.07) is 0.265. The minimum Gasteiger partial charge on any atom is -0.352 e. The zero-order chi connectivity index (χ0) is 14.3. The second-order valence-electron chi connectivity index (χ2n) is 6.21. The molecule has 1 saturated heterocycles. The first kappa shape index (κ1) is 19.7. The van der Waals surface area contributed by atoms with Crippen molar-refractivity contribution < 1.29 is 4.79 Å². The number of carbonyl (C=O) groups excluding carboxylic acids is 1. The van der Waals surface area contributed by atoms with Gasteiger partial charge in [-0.1, -0.05) is 13.8 Å². The number of nitrogens with zero attached hydrogens (tertiary/aromatic N) is 1. The summed E-state index contributed by atoms with van der Waals surface area (Å²) >= 11 is 0. The number of carbonyl (C=O) groups is 1. The Kier molecular flexibility index (Phi) is 10.2. The van der Waals surface area contributed by atoms with Crippen molar-refractivity contribution in [3.63, 3.8) is 0 Å². The van der Waals surface area contributed by atoms with Crippen molar-refractivity contribution in [3.05, 3.63) is 0 Å². The molecule has 0 aliphatic carbocycles. The number of rotatable bonds is 7. The lowest BCUT2D eigenvalue weighted by molar-refractivity contribution is -0.123. The number of hydrogen-bond acceptors (Lipinski definition) is 3. The molecule has 0 bridgehead atoms. The summed E-state index contributed by atoms with van der Waals surface area (Å²) in [6.45, 7) is 10.2. The first-order chi connectivity index (χ1) is 9.02. The van der Waals surface area contributed by atoms with Crippen LogP contribution in [0, 0.1) is 11.8 Å². The van der Waals surface area contributed by atoms with Gasteiger partial charge in [-0.3, -0.25) is 9.69 Å². The summed E-state index contributed by atoms with van der Waals surface area (Å²) in [5, 5.41) is 6.29. The monoisotopic (exact) mass is 305 g/mol. The van der Waals surface area contributed by atoms with Gasteiger partial charge >= 0.3 is 0 Å². The van der Waals surface area contributed by atoms with Crippen molar-refractivity contribution in [1.29, 1.82) is 0 Å². The van der Waals surface area contributed by atoms with Crippen LogP contribution in [0.3, 0.4) is 0 Å². The van der Waals surface area contributed by atoms with Crippen molar-refractivity contribution in [2.75, 3.05) is 33.2 Å². The van der Waals surface area contributed by atoms with Gasteiger partial charge in [0.25, 0.3) is 0 Å². The summed E-state index contributed by atoms with van der Waals surface area (Å²) in [5.41, 5.74) is 0. The third-order valence-corrected chi connectivity index (χ3v) is 4.27. The summed E-state index contributed by atoms with van der Waals surface area (Å²) < 4.78 is 0. The zero-order valence-corrected chi connectivity index (χ0v) is 14.3. The molecule has 0 aromatic rings. The lowest BCUT2D eigenvalue weighted by Gasteiger charge is -2.32. The SMILES string of the molecule is CNCCC1CCN(CC(=O)NC(C)C(C)C)CC1.Cl. The van der Waals surface area contributed by atoms with Crippen molar-refractivity contribution in [1.82, 2.24) is 15.5 Å². The molecule has 5 heteroatoms. The molecule has 1 fully saturated rings. The van der Waals surface area contributed by atoms with E-state index in [0.717, 1.165) is 25.6 Å². The van der Waals surface area contributed by atoms with Gasteiger partial charge in [-0.25, -0.2) is 0 Å². The largest absolute Gasteiger partial charge is 0.352 e. The van der Waals surface area contributed by atoms with Crippen LogP contribution in [0.1, 0.15) is 40.0 Å². The highest BCUT2D eigenvalue weighted by Gasteiger charge is 2.21. The molecule has 1 aliphatic rings. The maximum Gasteiger partial charge on any atom is 0.234 e. The van der Waals surface area contributed by atoms with Crippen molar-refractivity contribution in [2.24, 2.45) is 11.8 Å². The van der Waals surface area contributed by atoms with Gasteiger partial charge in [0.15, 0.2) is 0 Å². The molecule has 20 heavy (non-hydrogen) atoms. The van der Waals surface area contributed by atoms with Gasteiger partial charge in [-0.05, 0) is 64.7 Å². The maximum absolute atomic E-state index is 11.9. The van der Waals surface area contributed by atoms with Crippen LogP contribution in [0.5, 0.6) is 0 Å². The molecule has 1 unspecified atom stereocenters. The summed E-state index contributed by atoms with van der Waals surface area (Å²) in [5.74, 6) is 1.51. The Bertz CT molecular complexity index is 266. The Morgan fingerprint density at radius 3 is 2.35 bits per heavy atom. The quantitative estimate of drug-likeness (QED) is 0.755. The fourth-order valence-electron chi connectivity index (χ4n) is 2.45. The third kappa shape index (κ3) is 7.46. The van der Waals surface area contributed by atoms with Crippen LogP contribution in [0.4, 0.5) is 0 Å². The predicted octanol–water partition coefficient (Wildman–Crippen LogP) is 1.89. The molecule has 0 aromatic carbocycles. The molecule has 0 aromatic heterocycles. The standard InChI is InChI=1S/C15H31N3O.ClH/c1-12(2)13(3)17-15(19)11-18-9-6-14(7-10-18)5-8-16-4;/h12-14,16H,5-11H2,1-4H3,(H,17,19);1H. The van der Waals surface area contributed by atoms with Crippen LogP contribution >= 0.6 is 12.4 Å². The Hall–Kier alpha value is -0.320. The molecule has 1 aliphatic heterocycles. The van der Waals surface area contributed by atoms with Crippen LogP contribution in [0.25, 0.3) is 0 Å². The van der Waals surface area contributed by atoms with Gasteiger partial charge in [0.05, 0.1) is 6.54 Å². The van der Waals surface area contributed by atoms with Crippen LogP contribution < -0.4 is 10.6 Å². The molecular formula is C15H32ClN3O. The number of nitrogens with one attached hydrogen (secondary N) is 2. The minimum absolute atomic E-state index is 0. The van der Waals surface area contributed by atoms with Gasteiger partial charge in [0, 0.05) is 6.04 Å². The molecular weight excluding hydrogens is 274 g/mol. The molecule has 2 N–H and O–H groups in total. The number of likely N-dealkylation sites (tertiary alicyclic amines) is 1. The highest BCUT2D eigenvalue weighted by Crippen LogP contribution is 2.19. The minimum atomic E-state index is 0. The van der Waals surface area contributed by atoms with Gasteiger partial charge < -0.3 is 10.6 Å². The molecule has 120 valence electrons. The summed E-state index contributed by atoms with van der Waals surface area (Å²) in [6.07, 6.45) is 3.73. The van der Waals surface area contributed by atoms with E-state index in [4.69, 9.17) is 0 Å². The fourth-order valence-corrected chi connectivity index (χ4v) is 2.45. The van der Waals surface area contributed by atoms with E-state index >= 15 is 0 Å². The first-order valence-electron chi connectivity index (χ1n) is 7.69. The van der Waals surface area contributed by atoms with E-state index in [2.05, 4.69) is 36.3 Å². The lowest BCUT2D eigenvalue weighted by Crippen LogP contribution is -2.45. The fraction of sp³-hybridized carbons (Fsp3) is 0.933. The second kappa shape index (κ2) is 10.4. The average Bonchev–Trinajstić information content (AvgIpc) is 2.37. The summed E-state index contributed by atoms with van der Waals surface area (Å²) in [7, 11) is 2.01. The van der Waals surface area contributed by atoms with Crippen LogP contribution in [-0.4, -0.2) is 50.1 Å².